The summed E-state index contributed by atoms with van der Waals surface area (Å²) in [4.78, 5) is 0. The Morgan fingerprint density at radius 2 is 1.68 bits per heavy atom. The zero-order chi connectivity index (χ0) is 11.7. The summed E-state index contributed by atoms with van der Waals surface area (Å²) in [7, 11) is 0. The van der Waals surface area contributed by atoms with Crippen LogP contribution in [0.3, 0.4) is 0 Å². The van der Waals surface area contributed by atoms with Crippen molar-refractivity contribution in [1.29, 1.82) is 0 Å². The van der Waals surface area contributed by atoms with Crippen LogP contribution in [-0.4, -0.2) is 5.11 Å². The van der Waals surface area contributed by atoms with Crippen molar-refractivity contribution in [1.82, 2.24) is 0 Å². The molecule has 0 radical (unpaired) electrons. The third kappa shape index (κ3) is 4.21. The molecule has 0 bridgehead atoms. The summed E-state index contributed by atoms with van der Waals surface area (Å²) < 4.78 is 0. The van der Waals surface area contributed by atoms with Crippen LogP contribution in [0.5, 0.6) is 0 Å². The van der Waals surface area contributed by atoms with E-state index in [0.717, 1.165) is 5.56 Å². The smallest absolute Gasteiger partial charge is 0.0687 e. The van der Waals surface area contributed by atoms with Gasteiger partial charge in [-0.05, 0) is 36.1 Å². The molecule has 104 valence electrons. The van der Waals surface area contributed by atoms with E-state index in [9.17, 15) is 5.11 Å². The molecule has 2 rings (SSSR count). The van der Waals surface area contributed by atoms with Gasteiger partial charge in [0.25, 0.3) is 0 Å². The van der Waals surface area contributed by atoms with Crippen molar-refractivity contribution in [2.24, 2.45) is 5.92 Å². The van der Waals surface area contributed by atoms with Gasteiger partial charge in [0.1, 0.15) is 0 Å². The first kappa shape index (κ1) is 21.3. The van der Waals surface area contributed by atoms with Crippen molar-refractivity contribution in [2.75, 3.05) is 0 Å². The molecule has 1 atom stereocenters. The van der Waals surface area contributed by atoms with Crippen LogP contribution in [0.1, 0.15) is 31.9 Å². The molecule has 0 saturated heterocycles. The van der Waals surface area contributed by atoms with Crippen molar-refractivity contribution in [2.45, 2.75) is 27.4 Å². The van der Waals surface area contributed by atoms with Gasteiger partial charge in [-0.3, -0.25) is 0 Å². The summed E-state index contributed by atoms with van der Waals surface area (Å²) in [5.41, 5.74) is 6.29. The van der Waals surface area contributed by atoms with Gasteiger partial charge < -0.3 is 5.11 Å². The van der Waals surface area contributed by atoms with Crippen LogP contribution in [0.2, 0.25) is 0 Å². The molecule has 1 aromatic carbocycles. The maximum atomic E-state index is 9.38. The molecule has 1 unspecified atom stereocenters. The van der Waals surface area contributed by atoms with Crippen LogP contribution in [0.15, 0.2) is 41.5 Å². The van der Waals surface area contributed by atoms with Gasteiger partial charge in [-0.25, -0.2) is 0 Å². The van der Waals surface area contributed by atoms with Gasteiger partial charge in [0.2, 0.25) is 0 Å². The van der Waals surface area contributed by atoms with Gasteiger partial charge >= 0.3 is 0 Å². The largest absolute Gasteiger partial charge is 0.392 e. The molecule has 0 spiro atoms. The van der Waals surface area contributed by atoms with Crippen molar-refractivity contribution in [3.05, 3.63) is 52.6 Å². The van der Waals surface area contributed by atoms with E-state index in [-0.39, 0.29) is 53.1 Å². The normalized spacial score (nSPS) is 17.1. The zero-order valence-electron chi connectivity index (χ0n) is 11.4. The van der Waals surface area contributed by atoms with E-state index in [1.807, 2.05) is 18.2 Å². The Hall–Kier alpha value is -0.0457. The molecule has 0 aliphatic heterocycles. The average Bonchev–Trinajstić information content (AvgIpc) is 2.53. The molecule has 19 heavy (non-hydrogen) atoms. The Bertz CT molecular complexity index is 481. The van der Waals surface area contributed by atoms with Crippen LogP contribution in [0.25, 0.3) is 5.57 Å². The second-order valence-electron chi connectivity index (χ2n) is 4.49. The molecule has 1 aliphatic carbocycles. The third-order valence-corrected chi connectivity index (χ3v) is 3.43. The van der Waals surface area contributed by atoms with Gasteiger partial charge in [0, 0.05) is 27.6 Å². The van der Waals surface area contributed by atoms with Crippen LogP contribution in [-0.2, 0) is 28.3 Å². The van der Waals surface area contributed by atoms with Crippen molar-refractivity contribution in [3.8, 4) is 0 Å². The molecular formula is C15H20Cl2OTi. The fourth-order valence-corrected chi connectivity index (χ4v) is 2.51. The molecule has 0 aromatic heterocycles. The third-order valence-electron chi connectivity index (χ3n) is 3.43. The van der Waals surface area contributed by atoms with E-state index >= 15 is 0 Å². The Kier molecular flexibility index (Phi) is 10.1. The van der Waals surface area contributed by atoms with Gasteiger partial charge in [0.15, 0.2) is 0 Å². The molecule has 1 nitrogen and oxygen atoms in total. The molecule has 0 amide bonds. The Morgan fingerprint density at radius 1 is 1.11 bits per heavy atom. The van der Waals surface area contributed by atoms with E-state index in [0.29, 0.717) is 5.92 Å². The number of aliphatic hydroxyl groups is 1. The Morgan fingerprint density at radius 3 is 2.16 bits per heavy atom. The van der Waals surface area contributed by atoms with E-state index in [4.69, 9.17) is 0 Å². The summed E-state index contributed by atoms with van der Waals surface area (Å²) in [5.74, 6) is 0.452. The topological polar surface area (TPSA) is 20.2 Å². The van der Waals surface area contributed by atoms with E-state index < -0.39 is 0 Å². The second-order valence-corrected chi connectivity index (χ2v) is 4.49. The predicted molar refractivity (Wildman–Crippen MR) is 82.4 cm³/mol. The minimum absolute atomic E-state index is 0. The number of allylic oxidation sites excluding steroid dienone is 4. The minimum atomic E-state index is 0. The van der Waals surface area contributed by atoms with E-state index in [2.05, 4.69) is 32.9 Å². The average molecular weight is 335 g/mol. The maximum absolute atomic E-state index is 9.38. The molecule has 0 saturated carbocycles. The molecule has 4 heteroatoms. The Balaban J connectivity index is 0. The zero-order valence-corrected chi connectivity index (χ0v) is 14.6. The number of hydrogen-bond donors (Lipinski definition) is 1. The van der Waals surface area contributed by atoms with E-state index in [1.54, 1.807) is 0 Å². The first-order chi connectivity index (χ1) is 7.65. The SMILES string of the molecule is CC1=CC(C)C(c2ccccc2CO)=C1C.Cl.Cl.[Ti]. The maximum Gasteiger partial charge on any atom is 0.0687 e. The van der Waals surface area contributed by atoms with Crippen molar-refractivity contribution in [3.63, 3.8) is 0 Å². The van der Waals surface area contributed by atoms with Crippen LogP contribution < -0.4 is 0 Å². The van der Waals surface area contributed by atoms with Crippen molar-refractivity contribution >= 4 is 30.4 Å². The number of hydrogen-bond acceptors (Lipinski definition) is 1. The Labute approximate surface area is 142 Å². The van der Waals surface area contributed by atoms with Crippen LogP contribution >= 0.6 is 24.8 Å². The fraction of sp³-hybridized carbons (Fsp3) is 0.333. The first-order valence-corrected chi connectivity index (χ1v) is 5.74. The van der Waals surface area contributed by atoms with Gasteiger partial charge in [-0.1, -0.05) is 42.8 Å². The van der Waals surface area contributed by atoms with Gasteiger partial charge in [-0.15, -0.1) is 24.8 Å². The van der Waals surface area contributed by atoms with Crippen molar-refractivity contribution < 1.29 is 26.8 Å². The standard InChI is InChI=1S/C15H18O.2ClH.Ti/c1-10-8-11(2)15(12(10)3)14-7-5-4-6-13(14)9-16;;;/h4-8,11,16H,9H2,1-3H3;2*1H;. The monoisotopic (exact) mass is 334 g/mol. The number of halogens is 2. The second kappa shape index (κ2) is 8.99. The number of rotatable bonds is 2. The summed E-state index contributed by atoms with van der Waals surface area (Å²) in [6.07, 6.45) is 2.29. The fourth-order valence-electron chi connectivity index (χ4n) is 2.51. The number of benzene rings is 1. The molecule has 0 fully saturated rings. The molecular weight excluding hydrogens is 315 g/mol. The van der Waals surface area contributed by atoms with Gasteiger partial charge in [-0.2, -0.15) is 0 Å². The van der Waals surface area contributed by atoms with Crippen LogP contribution in [0.4, 0.5) is 0 Å². The minimum Gasteiger partial charge on any atom is -0.392 e. The molecule has 1 N–H and O–H groups in total. The summed E-state index contributed by atoms with van der Waals surface area (Å²) in [6.45, 7) is 6.64. The molecule has 1 aliphatic rings. The number of aliphatic hydroxyl groups excluding tert-OH is 1. The van der Waals surface area contributed by atoms with Gasteiger partial charge in [0.05, 0.1) is 6.61 Å². The molecule has 1 aromatic rings. The predicted octanol–water partition coefficient (Wildman–Crippen LogP) is 4.39. The first-order valence-electron chi connectivity index (χ1n) is 5.74. The summed E-state index contributed by atoms with van der Waals surface area (Å²) >= 11 is 0. The van der Waals surface area contributed by atoms with E-state index in [1.165, 1.54) is 22.3 Å². The summed E-state index contributed by atoms with van der Waals surface area (Å²) in [6, 6.07) is 8.11. The van der Waals surface area contributed by atoms with Crippen LogP contribution in [0, 0.1) is 5.92 Å². The molecule has 0 heterocycles. The quantitative estimate of drug-likeness (QED) is 0.795. The summed E-state index contributed by atoms with van der Waals surface area (Å²) in [5, 5.41) is 9.38.